The Morgan fingerprint density at radius 2 is 2.21 bits per heavy atom. The summed E-state index contributed by atoms with van der Waals surface area (Å²) in [6, 6.07) is 8.26. The minimum absolute atomic E-state index is 0.126. The van der Waals surface area contributed by atoms with Gasteiger partial charge in [0.15, 0.2) is 0 Å². The number of nitrogens with zero attached hydrogens (tertiary/aromatic N) is 1. The van der Waals surface area contributed by atoms with E-state index in [1.54, 1.807) is 11.8 Å². The Balaban J connectivity index is 2.37. The summed E-state index contributed by atoms with van der Waals surface area (Å²) >= 11 is 5.44. The van der Waals surface area contributed by atoms with E-state index in [2.05, 4.69) is 39.9 Å². The van der Waals surface area contributed by atoms with Gasteiger partial charge >= 0.3 is 0 Å². The van der Waals surface area contributed by atoms with Gasteiger partial charge in [-0.2, -0.15) is 0 Å². The number of anilines is 1. The molecule has 4 heteroatoms. The van der Waals surface area contributed by atoms with Gasteiger partial charge in [-0.25, -0.2) is 0 Å². The minimum Gasteiger partial charge on any atom is -0.395 e. The van der Waals surface area contributed by atoms with E-state index in [-0.39, 0.29) is 10.4 Å². The molecule has 14 heavy (non-hydrogen) atoms. The highest BCUT2D eigenvalue weighted by Gasteiger charge is 2.37. The van der Waals surface area contributed by atoms with Crippen molar-refractivity contribution in [3.05, 3.63) is 24.3 Å². The van der Waals surface area contributed by atoms with Crippen molar-refractivity contribution in [2.24, 2.45) is 0 Å². The van der Waals surface area contributed by atoms with Gasteiger partial charge < -0.3 is 10.0 Å². The number of thioether (sulfide) groups is 1. The monoisotopic (exact) mass is 273 g/mol. The van der Waals surface area contributed by atoms with E-state index in [9.17, 15) is 0 Å². The van der Waals surface area contributed by atoms with Crippen LogP contribution in [-0.2, 0) is 0 Å². The maximum Gasteiger partial charge on any atom is 0.144 e. The fraction of sp³-hybridized carbons (Fsp3) is 0.400. The lowest BCUT2D eigenvalue weighted by Gasteiger charge is -2.30. The molecule has 0 aliphatic carbocycles. The van der Waals surface area contributed by atoms with E-state index in [0.29, 0.717) is 6.54 Å². The fourth-order valence-corrected chi connectivity index (χ4v) is 3.68. The summed E-state index contributed by atoms with van der Waals surface area (Å²) in [6.07, 6.45) is 0. The first-order valence-corrected chi connectivity index (χ1v) is 6.11. The summed E-state index contributed by atoms with van der Waals surface area (Å²) in [7, 11) is 0. The van der Waals surface area contributed by atoms with E-state index >= 15 is 0 Å². The van der Waals surface area contributed by atoms with Gasteiger partial charge in [0, 0.05) is 11.4 Å². The van der Waals surface area contributed by atoms with Crippen molar-refractivity contribution in [2.75, 3.05) is 18.1 Å². The van der Waals surface area contributed by atoms with Crippen LogP contribution in [0.25, 0.3) is 0 Å². The molecular formula is C10H12BrNOS. The minimum atomic E-state index is -0.126. The Morgan fingerprint density at radius 3 is 2.93 bits per heavy atom. The van der Waals surface area contributed by atoms with Gasteiger partial charge in [0.2, 0.25) is 0 Å². The second-order valence-corrected chi connectivity index (χ2v) is 6.82. The maximum absolute atomic E-state index is 9.01. The van der Waals surface area contributed by atoms with Crippen molar-refractivity contribution in [2.45, 2.75) is 15.6 Å². The van der Waals surface area contributed by atoms with Crippen LogP contribution in [0.4, 0.5) is 5.69 Å². The van der Waals surface area contributed by atoms with Crippen LogP contribution in [-0.4, -0.2) is 22.0 Å². The van der Waals surface area contributed by atoms with Crippen LogP contribution >= 0.6 is 27.7 Å². The third kappa shape index (κ3) is 1.66. The topological polar surface area (TPSA) is 23.5 Å². The highest BCUT2D eigenvalue weighted by molar-refractivity contribution is 9.12. The van der Waals surface area contributed by atoms with E-state index in [0.717, 1.165) is 0 Å². The molecule has 1 N–H and O–H groups in total. The molecule has 0 saturated heterocycles. The van der Waals surface area contributed by atoms with Crippen molar-refractivity contribution >= 4 is 33.4 Å². The molecule has 76 valence electrons. The third-order valence-electron chi connectivity index (χ3n) is 2.26. The molecule has 0 amide bonds. The number of hydrogen-bond donors (Lipinski definition) is 1. The highest BCUT2D eigenvalue weighted by atomic mass is 79.9. The van der Waals surface area contributed by atoms with Crippen LogP contribution in [0.1, 0.15) is 6.92 Å². The molecule has 0 bridgehead atoms. The van der Waals surface area contributed by atoms with Crippen molar-refractivity contribution < 1.29 is 5.11 Å². The smallest absolute Gasteiger partial charge is 0.144 e. The van der Waals surface area contributed by atoms with Gasteiger partial charge in [0.25, 0.3) is 0 Å². The van der Waals surface area contributed by atoms with Crippen molar-refractivity contribution in [1.29, 1.82) is 0 Å². The first-order chi connectivity index (χ1) is 6.65. The normalized spacial score (nSPS) is 25.2. The van der Waals surface area contributed by atoms with E-state index in [1.807, 2.05) is 12.1 Å². The number of rotatable bonds is 2. The number of aliphatic hydroxyl groups is 1. The lowest BCUT2D eigenvalue weighted by atomic mass is 10.3. The molecule has 1 atom stereocenters. The van der Waals surface area contributed by atoms with Gasteiger partial charge in [-0.15, -0.1) is 0 Å². The summed E-state index contributed by atoms with van der Waals surface area (Å²) < 4.78 is -0.126. The quantitative estimate of drug-likeness (QED) is 0.662. The molecule has 2 rings (SSSR count). The molecule has 1 aliphatic rings. The van der Waals surface area contributed by atoms with Gasteiger partial charge in [-0.1, -0.05) is 23.9 Å². The molecule has 0 fully saturated rings. The molecule has 1 aromatic carbocycles. The molecule has 1 aromatic rings. The van der Waals surface area contributed by atoms with Gasteiger partial charge in [0.1, 0.15) is 3.78 Å². The predicted octanol–water partition coefficient (Wildman–Crippen LogP) is 2.66. The number of alkyl halides is 1. The number of halogens is 1. The zero-order valence-electron chi connectivity index (χ0n) is 7.90. The molecule has 0 aromatic heterocycles. The summed E-state index contributed by atoms with van der Waals surface area (Å²) in [5.41, 5.74) is 1.20. The number of fused-ring (bicyclic) bond motifs is 1. The Bertz CT molecular complexity index is 343. The second-order valence-electron chi connectivity index (χ2n) is 3.31. The first-order valence-electron chi connectivity index (χ1n) is 4.50. The number of β-amino-alcohol motifs (C(OH)–C–C–N with tert-alkyl or cyclic N) is 1. The first kappa shape index (κ1) is 10.3. The van der Waals surface area contributed by atoms with E-state index in [1.165, 1.54) is 10.6 Å². The van der Waals surface area contributed by atoms with E-state index in [4.69, 9.17) is 5.11 Å². The Hall–Kier alpha value is -0.190. The zero-order valence-corrected chi connectivity index (χ0v) is 10.3. The van der Waals surface area contributed by atoms with Crippen LogP contribution in [0.2, 0.25) is 0 Å². The largest absolute Gasteiger partial charge is 0.395 e. The molecule has 1 heterocycles. The van der Waals surface area contributed by atoms with Crippen molar-refractivity contribution in [3.63, 3.8) is 0 Å². The molecule has 0 radical (unpaired) electrons. The van der Waals surface area contributed by atoms with Crippen LogP contribution in [0.3, 0.4) is 0 Å². The molecule has 2 nitrogen and oxygen atoms in total. The van der Waals surface area contributed by atoms with Crippen LogP contribution in [0.15, 0.2) is 29.2 Å². The lowest BCUT2D eigenvalue weighted by molar-refractivity contribution is 0.301. The van der Waals surface area contributed by atoms with E-state index < -0.39 is 0 Å². The Labute approximate surface area is 96.4 Å². The highest BCUT2D eigenvalue weighted by Crippen LogP contribution is 2.52. The average molecular weight is 274 g/mol. The number of hydrogen-bond acceptors (Lipinski definition) is 3. The summed E-state index contributed by atoms with van der Waals surface area (Å²) in [6.45, 7) is 2.94. The average Bonchev–Trinajstić information content (AvgIpc) is 2.39. The summed E-state index contributed by atoms with van der Waals surface area (Å²) in [4.78, 5) is 3.44. The number of aliphatic hydroxyl groups excluding tert-OH is 1. The standard InChI is InChI=1S/C10H12BrNOS/c1-10(11)12(6-7-13)8-4-2-3-5-9(8)14-10/h2-5,13H,6-7H2,1H3. The maximum atomic E-state index is 9.01. The molecule has 0 spiro atoms. The Kier molecular flexibility index (Phi) is 2.77. The van der Waals surface area contributed by atoms with Crippen LogP contribution < -0.4 is 4.90 Å². The fourth-order valence-electron chi connectivity index (χ4n) is 1.66. The predicted molar refractivity (Wildman–Crippen MR) is 64.1 cm³/mol. The van der Waals surface area contributed by atoms with Crippen LogP contribution in [0, 0.1) is 0 Å². The van der Waals surface area contributed by atoms with Crippen LogP contribution in [0.5, 0.6) is 0 Å². The molecule has 0 saturated carbocycles. The molecular weight excluding hydrogens is 262 g/mol. The number of para-hydroxylation sites is 1. The third-order valence-corrected chi connectivity index (χ3v) is 4.33. The van der Waals surface area contributed by atoms with Gasteiger partial charge in [-0.3, -0.25) is 0 Å². The summed E-state index contributed by atoms with van der Waals surface area (Å²) in [5.74, 6) is 0. The van der Waals surface area contributed by atoms with Crippen molar-refractivity contribution in [3.8, 4) is 0 Å². The van der Waals surface area contributed by atoms with Gasteiger partial charge in [0.05, 0.1) is 12.3 Å². The Morgan fingerprint density at radius 1 is 1.50 bits per heavy atom. The SMILES string of the molecule is CC1(Br)Sc2ccccc2N1CCO. The summed E-state index contributed by atoms with van der Waals surface area (Å²) in [5, 5.41) is 9.01. The molecule has 1 unspecified atom stereocenters. The van der Waals surface area contributed by atoms with Gasteiger partial charge in [-0.05, 0) is 35.0 Å². The zero-order chi connectivity index (χ0) is 10.2. The lowest BCUT2D eigenvalue weighted by Crippen LogP contribution is -2.37. The molecule has 1 aliphatic heterocycles. The van der Waals surface area contributed by atoms with Crippen molar-refractivity contribution in [1.82, 2.24) is 0 Å². The number of benzene rings is 1. The second kappa shape index (κ2) is 3.76.